The largest absolute Gasteiger partial charge is 0.477 e. The van der Waals surface area contributed by atoms with Crippen LogP contribution >= 0.6 is 11.3 Å². The number of carbonyl (C=O) groups is 2. The summed E-state index contributed by atoms with van der Waals surface area (Å²) in [5.41, 5.74) is 0.332. The predicted molar refractivity (Wildman–Crippen MR) is 63.1 cm³/mol. The normalized spacial score (nSPS) is 10.2. The second-order valence-corrected chi connectivity index (χ2v) is 4.61. The van der Waals surface area contributed by atoms with Crippen LogP contribution in [0.15, 0.2) is 11.4 Å². The molecule has 0 aliphatic carbocycles. The number of urea groups is 1. The molecule has 0 fully saturated rings. The highest BCUT2D eigenvalue weighted by molar-refractivity contribution is 7.12. The molecule has 3 N–H and O–H groups in total. The second kappa shape index (κ2) is 5.50. The fourth-order valence-corrected chi connectivity index (χ4v) is 1.72. The lowest BCUT2D eigenvalue weighted by molar-refractivity contribution is 0.0703. The average molecular weight is 242 g/mol. The zero-order chi connectivity index (χ0) is 12.1. The maximum absolute atomic E-state index is 11.4. The van der Waals surface area contributed by atoms with Gasteiger partial charge in [-0.2, -0.15) is 0 Å². The van der Waals surface area contributed by atoms with E-state index in [4.69, 9.17) is 5.11 Å². The minimum atomic E-state index is -1.03. The first-order valence-electron chi connectivity index (χ1n) is 4.86. The summed E-state index contributed by atoms with van der Waals surface area (Å²) in [6.07, 6.45) is 0. The Labute approximate surface area is 97.5 Å². The molecule has 1 heterocycles. The van der Waals surface area contributed by atoms with E-state index in [0.717, 1.165) is 11.3 Å². The van der Waals surface area contributed by atoms with Gasteiger partial charge in [0.15, 0.2) is 0 Å². The Hall–Kier alpha value is -1.56. The fraction of sp³-hybridized carbons (Fsp3) is 0.400. The first kappa shape index (κ1) is 12.5. The van der Waals surface area contributed by atoms with Crippen LogP contribution in [0.5, 0.6) is 0 Å². The Balaban J connectivity index is 2.56. The smallest absolute Gasteiger partial charge is 0.348 e. The molecule has 2 amide bonds. The minimum Gasteiger partial charge on any atom is -0.477 e. The van der Waals surface area contributed by atoms with Crippen LogP contribution in [-0.2, 0) is 0 Å². The third kappa shape index (κ3) is 3.54. The van der Waals surface area contributed by atoms with Crippen LogP contribution in [0.25, 0.3) is 0 Å². The van der Waals surface area contributed by atoms with Crippen molar-refractivity contribution in [3.63, 3.8) is 0 Å². The number of aromatic carboxylic acids is 1. The molecule has 6 heteroatoms. The second-order valence-electron chi connectivity index (χ2n) is 3.70. The molecule has 88 valence electrons. The molecule has 1 aromatic rings. The van der Waals surface area contributed by atoms with E-state index in [2.05, 4.69) is 10.6 Å². The first-order valence-corrected chi connectivity index (χ1v) is 5.74. The fourth-order valence-electron chi connectivity index (χ4n) is 1.04. The van der Waals surface area contributed by atoms with Crippen molar-refractivity contribution in [2.24, 2.45) is 5.92 Å². The molecule has 0 spiro atoms. The molecule has 0 unspecified atom stereocenters. The van der Waals surface area contributed by atoms with Crippen molar-refractivity contribution < 1.29 is 14.7 Å². The van der Waals surface area contributed by atoms with Gasteiger partial charge in [-0.3, -0.25) is 0 Å². The number of anilines is 1. The van der Waals surface area contributed by atoms with Crippen molar-refractivity contribution in [3.05, 3.63) is 16.3 Å². The first-order chi connectivity index (χ1) is 7.50. The van der Waals surface area contributed by atoms with Crippen LogP contribution < -0.4 is 10.6 Å². The van der Waals surface area contributed by atoms with Gasteiger partial charge in [0.05, 0.1) is 5.69 Å². The van der Waals surface area contributed by atoms with Gasteiger partial charge < -0.3 is 15.7 Å². The number of carboxylic acids is 1. The van der Waals surface area contributed by atoms with Crippen LogP contribution in [-0.4, -0.2) is 23.7 Å². The molecular weight excluding hydrogens is 228 g/mol. The molecule has 0 saturated carbocycles. The molecule has 5 nitrogen and oxygen atoms in total. The molecule has 0 radical (unpaired) electrons. The lowest BCUT2D eigenvalue weighted by Gasteiger charge is -2.08. The van der Waals surface area contributed by atoms with Crippen molar-refractivity contribution >= 4 is 29.0 Å². The number of hydrogen-bond donors (Lipinski definition) is 3. The summed E-state index contributed by atoms with van der Waals surface area (Å²) in [5.74, 6) is -0.679. The number of nitrogens with one attached hydrogen (secondary N) is 2. The molecule has 16 heavy (non-hydrogen) atoms. The van der Waals surface area contributed by atoms with Gasteiger partial charge in [-0.05, 0) is 17.4 Å². The van der Waals surface area contributed by atoms with Crippen molar-refractivity contribution in [1.82, 2.24) is 5.32 Å². The van der Waals surface area contributed by atoms with Gasteiger partial charge in [0.25, 0.3) is 0 Å². The van der Waals surface area contributed by atoms with E-state index < -0.39 is 5.97 Å². The van der Waals surface area contributed by atoms with Crippen molar-refractivity contribution in [3.8, 4) is 0 Å². The highest BCUT2D eigenvalue weighted by Gasteiger charge is 2.13. The van der Waals surface area contributed by atoms with Crippen LogP contribution in [0.3, 0.4) is 0 Å². The molecule has 1 aromatic heterocycles. The minimum absolute atomic E-state index is 0.139. The lowest BCUT2D eigenvalue weighted by Crippen LogP contribution is -2.31. The molecule has 0 aromatic carbocycles. The number of rotatable bonds is 4. The van der Waals surface area contributed by atoms with E-state index >= 15 is 0 Å². The molecule has 0 aliphatic heterocycles. The van der Waals surface area contributed by atoms with Gasteiger partial charge >= 0.3 is 12.0 Å². The number of carboxylic acid groups (broad SMARTS) is 1. The summed E-state index contributed by atoms with van der Waals surface area (Å²) in [6.45, 7) is 4.51. The Kier molecular flexibility index (Phi) is 4.30. The van der Waals surface area contributed by atoms with Gasteiger partial charge in [0, 0.05) is 6.54 Å². The molecule has 0 atom stereocenters. The van der Waals surface area contributed by atoms with Gasteiger partial charge in [-0.15, -0.1) is 11.3 Å². The summed E-state index contributed by atoms with van der Waals surface area (Å²) >= 11 is 1.08. The van der Waals surface area contributed by atoms with Crippen molar-refractivity contribution in [1.29, 1.82) is 0 Å². The van der Waals surface area contributed by atoms with Gasteiger partial charge in [-0.25, -0.2) is 9.59 Å². The molecule has 0 bridgehead atoms. The Morgan fingerprint density at radius 1 is 1.50 bits per heavy atom. The van der Waals surface area contributed by atoms with E-state index in [1.165, 1.54) is 0 Å². The van der Waals surface area contributed by atoms with E-state index in [1.807, 2.05) is 13.8 Å². The predicted octanol–water partition coefficient (Wildman–Crippen LogP) is 2.22. The summed E-state index contributed by atoms with van der Waals surface area (Å²) in [6, 6.07) is 1.19. The number of amides is 2. The van der Waals surface area contributed by atoms with Crippen LogP contribution in [0.1, 0.15) is 23.5 Å². The topological polar surface area (TPSA) is 78.4 Å². The standard InChI is InChI=1S/C10H14N2O3S/c1-6(2)5-11-10(15)12-7-3-4-16-8(7)9(13)14/h3-4,6H,5H2,1-2H3,(H,13,14)(H2,11,12,15). The third-order valence-corrected chi connectivity index (χ3v) is 2.68. The average Bonchev–Trinajstić information content (AvgIpc) is 2.62. The highest BCUT2D eigenvalue weighted by atomic mass is 32.1. The highest BCUT2D eigenvalue weighted by Crippen LogP contribution is 2.21. The van der Waals surface area contributed by atoms with Crippen molar-refractivity contribution in [2.75, 3.05) is 11.9 Å². The molecule has 0 saturated heterocycles. The van der Waals surface area contributed by atoms with E-state index in [1.54, 1.807) is 11.4 Å². The summed E-state index contributed by atoms with van der Waals surface area (Å²) in [4.78, 5) is 22.3. The van der Waals surface area contributed by atoms with Gasteiger partial charge in [0.2, 0.25) is 0 Å². The van der Waals surface area contributed by atoms with E-state index in [0.29, 0.717) is 18.2 Å². The molecule has 1 rings (SSSR count). The van der Waals surface area contributed by atoms with Crippen LogP contribution in [0, 0.1) is 5.92 Å². The van der Waals surface area contributed by atoms with Crippen molar-refractivity contribution in [2.45, 2.75) is 13.8 Å². The quantitative estimate of drug-likeness (QED) is 0.757. The number of hydrogen-bond acceptors (Lipinski definition) is 3. The number of thiophene rings is 1. The zero-order valence-electron chi connectivity index (χ0n) is 9.11. The van der Waals surface area contributed by atoms with Crippen LogP contribution in [0.2, 0.25) is 0 Å². The van der Waals surface area contributed by atoms with E-state index in [9.17, 15) is 9.59 Å². The third-order valence-electron chi connectivity index (χ3n) is 1.78. The SMILES string of the molecule is CC(C)CNC(=O)Nc1ccsc1C(=O)O. The number of carbonyl (C=O) groups excluding carboxylic acids is 1. The Morgan fingerprint density at radius 2 is 2.19 bits per heavy atom. The monoisotopic (exact) mass is 242 g/mol. The lowest BCUT2D eigenvalue weighted by atomic mass is 10.2. The summed E-state index contributed by atoms with van der Waals surface area (Å²) in [7, 11) is 0. The maximum Gasteiger partial charge on any atom is 0.348 e. The Bertz CT molecular complexity index is 387. The van der Waals surface area contributed by atoms with Gasteiger partial charge in [0.1, 0.15) is 4.88 Å². The van der Waals surface area contributed by atoms with Gasteiger partial charge in [-0.1, -0.05) is 13.8 Å². The van der Waals surface area contributed by atoms with E-state index in [-0.39, 0.29) is 10.9 Å². The maximum atomic E-state index is 11.4. The zero-order valence-corrected chi connectivity index (χ0v) is 9.93. The summed E-state index contributed by atoms with van der Waals surface area (Å²) in [5, 5.41) is 15.6. The summed E-state index contributed by atoms with van der Waals surface area (Å²) < 4.78 is 0. The molecular formula is C10H14N2O3S. The molecule has 0 aliphatic rings. The Morgan fingerprint density at radius 3 is 2.75 bits per heavy atom. The van der Waals surface area contributed by atoms with Crippen LogP contribution in [0.4, 0.5) is 10.5 Å².